The lowest BCUT2D eigenvalue weighted by Crippen LogP contribution is -2.19. The molecule has 4 heteroatoms. The molecule has 0 aliphatic carbocycles. The van der Waals surface area contributed by atoms with Gasteiger partial charge in [0, 0.05) is 4.86 Å². The summed E-state index contributed by atoms with van der Waals surface area (Å²) in [4.78, 5) is 10.8. The van der Waals surface area contributed by atoms with Crippen LogP contribution in [0.25, 0.3) is 0 Å². The molecule has 1 rings (SSSR count). The maximum atomic E-state index is 10.3. The largest absolute Gasteiger partial charge is 0.480 e. The van der Waals surface area contributed by atoms with Gasteiger partial charge in [-0.25, -0.2) is 0 Å². The van der Waals surface area contributed by atoms with Gasteiger partial charge >= 0.3 is 5.97 Å². The van der Waals surface area contributed by atoms with Crippen LogP contribution in [0.15, 0.2) is 11.5 Å². The fourth-order valence-corrected chi connectivity index (χ4v) is 1.65. The van der Waals surface area contributed by atoms with E-state index < -0.39 is 11.2 Å². The van der Waals surface area contributed by atoms with Crippen LogP contribution in [0, 0.1) is 0 Å². The highest BCUT2D eigenvalue weighted by molar-refractivity contribution is 8.06. The zero-order valence-corrected chi connectivity index (χ0v) is 6.04. The first-order valence-corrected chi connectivity index (χ1v) is 3.65. The van der Waals surface area contributed by atoms with Crippen molar-refractivity contribution in [2.45, 2.75) is 5.25 Å². The summed E-state index contributed by atoms with van der Waals surface area (Å²) >= 11 is 5.97. The first-order valence-electron chi connectivity index (χ1n) is 2.30. The molecular weight excluding hydrogens is 156 g/mol. The van der Waals surface area contributed by atoms with Gasteiger partial charge in [-0.3, -0.25) is 4.79 Å². The van der Waals surface area contributed by atoms with Crippen molar-refractivity contribution < 1.29 is 9.90 Å². The van der Waals surface area contributed by atoms with E-state index in [0.717, 1.165) is 0 Å². The molecule has 48 valence electrons. The van der Waals surface area contributed by atoms with Gasteiger partial charge in [-0.15, -0.1) is 11.8 Å². The second-order valence-corrected chi connectivity index (χ2v) is 3.05. The smallest absolute Gasteiger partial charge is 0.322 e. The van der Waals surface area contributed by atoms with Crippen molar-refractivity contribution >= 4 is 34.8 Å². The third kappa shape index (κ3) is 1.31. The molecule has 0 fully saturated rings. The first kappa shape index (κ1) is 6.77. The van der Waals surface area contributed by atoms with Crippen LogP contribution >= 0.6 is 24.0 Å². The van der Waals surface area contributed by atoms with Crippen LogP contribution in [0.1, 0.15) is 0 Å². The van der Waals surface area contributed by atoms with E-state index in [4.69, 9.17) is 17.3 Å². The minimum atomic E-state index is -0.852. The normalized spacial score (nSPS) is 24.9. The lowest BCUT2D eigenvalue weighted by Gasteiger charge is -1.98. The Bertz CT molecular complexity index is 185. The predicted molar refractivity (Wildman–Crippen MR) is 40.8 cm³/mol. The van der Waals surface area contributed by atoms with Crippen molar-refractivity contribution in [3.05, 3.63) is 11.5 Å². The number of carbonyl (C=O) groups is 1. The van der Waals surface area contributed by atoms with Crippen molar-refractivity contribution in [1.29, 1.82) is 0 Å². The number of allylic oxidation sites excluding steroid dienone is 1. The molecule has 1 aliphatic heterocycles. The van der Waals surface area contributed by atoms with Gasteiger partial charge in [0.1, 0.15) is 5.25 Å². The van der Waals surface area contributed by atoms with Crippen molar-refractivity contribution in [3.63, 3.8) is 0 Å². The lowest BCUT2D eigenvalue weighted by atomic mass is 10.3. The van der Waals surface area contributed by atoms with E-state index in [2.05, 4.69) is 0 Å². The molecule has 2 nitrogen and oxygen atoms in total. The molecule has 0 bridgehead atoms. The standard InChI is InChI=1S/C5H4O2S2/c6-5(7)4-3(8)1-2-9-4/h1-2,4H,(H,6,7). The highest BCUT2D eigenvalue weighted by Gasteiger charge is 2.23. The average molecular weight is 160 g/mol. The maximum Gasteiger partial charge on any atom is 0.322 e. The van der Waals surface area contributed by atoms with Gasteiger partial charge in [-0.1, -0.05) is 12.2 Å². The number of rotatable bonds is 1. The van der Waals surface area contributed by atoms with Gasteiger partial charge in [-0.05, 0) is 11.5 Å². The highest BCUT2D eigenvalue weighted by Crippen LogP contribution is 2.21. The summed E-state index contributed by atoms with van der Waals surface area (Å²) in [6.07, 6.45) is 1.65. The van der Waals surface area contributed by atoms with Gasteiger partial charge in [0.05, 0.1) is 0 Å². The molecule has 0 aromatic carbocycles. The second kappa shape index (κ2) is 2.49. The molecule has 0 aromatic heterocycles. The molecule has 0 radical (unpaired) electrons. The van der Waals surface area contributed by atoms with E-state index in [1.54, 1.807) is 11.5 Å². The van der Waals surface area contributed by atoms with Crippen LogP contribution in [0.4, 0.5) is 0 Å². The zero-order valence-electron chi connectivity index (χ0n) is 4.40. The maximum absolute atomic E-state index is 10.3. The fourth-order valence-electron chi connectivity index (χ4n) is 0.519. The molecule has 1 N–H and O–H groups in total. The van der Waals surface area contributed by atoms with Gasteiger partial charge < -0.3 is 5.11 Å². The van der Waals surface area contributed by atoms with Gasteiger partial charge in [0.25, 0.3) is 0 Å². The molecule has 1 heterocycles. The Labute approximate surface area is 61.9 Å². The summed E-state index contributed by atoms with van der Waals surface area (Å²) < 4.78 is 0. The van der Waals surface area contributed by atoms with Gasteiger partial charge in [0.2, 0.25) is 0 Å². The lowest BCUT2D eigenvalue weighted by molar-refractivity contribution is -0.135. The summed E-state index contributed by atoms with van der Waals surface area (Å²) in [5.41, 5.74) is 0. The highest BCUT2D eigenvalue weighted by atomic mass is 32.2. The SMILES string of the molecule is O=C(O)C1SC=CC1=S. The number of hydrogen-bond acceptors (Lipinski definition) is 3. The second-order valence-electron chi connectivity index (χ2n) is 1.56. The molecule has 0 amide bonds. The third-order valence-corrected chi connectivity index (χ3v) is 2.47. The fraction of sp³-hybridized carbons (Fsp3) is 0.200. The van der Waals surface area contributed by atoms with Crippen molar-refractivity contribution in [3.8, 4) is 0 Å². The molecule has 0 saturated heterocycles. The minimum Gasteiger partial charge on any atom is -0.480 e. The molecule has 1 unspecified atom stereocenters. The molecule has 1 atom stereocenters. The van der Waals surface area contributed by atoms with Crippen molar-refractivity contribution in [2.75, 3.05) is 0 Å². The van der Waals surface area contributed by atoms with Gasteiger partial charge in [-0.2, -0.15) is 0 Å². The average Bonchev–Trinajstić information content (AvgIpc) is 2.13. The Morgan fingerprint density at radius 1 is 1.89 bits per heavy atom. The Balaban J connectivity index is 2.66. The molecule has 0 aromatic rings. The predicted octanol–water partition coefficient (Wildman–Crippen LogP) is 1.07. The molecule has 0 saturated carbocycles. The van der Waals surface area contributed by atoms with Crippen LogP contribution in [-0.2, 0) is 4.79 Å². The number of thiocarbonyl (C=S) groups is 1. The van der Waals surface area contributed by atoms with Crippen LogP contribution in [0.2, 0.25) is 0 Å². The number of thioether (sulfide) groups is 1. The van der Waals surface area contributed by atoms with E-state index in [1.807, 2.05) is 0 Å². The van der Waals surface area contributed by atoms with Gasteiger partial charge in [0.15, 0.2) is 0 Å². The Morgan fingerprint density at radius 2 is 2.56 bits per heavy atom. The van der Waals surface area contributed by atoms with E-state index >= 15 is 0 Å². The molecule has 9 heavy (non-hydrogen) atoms. The minimum absolute atomic E-state index is 0.507. The quantitative estimate of drug-likeness (QED) is 0.582. The summed E-state index contributed by atoms with van der Waals surface area (Å²) in [5.74, 6) is -0.852. The van der Waals surface area contributed by atoms with E-state index in [1.165, 1.54) is 11.8 Å². The molecule has 1 aliphatic rings. The van der Waals surface area contributed by atoms with Crippen LogP contribution in [-0.4, -0.2) is 21.2 Å². The zero-order chi connectivity index (χ0) is 6.85. The number of carboxylic acid groups (broad SMARTS) is 1. The number of carboxylic acids is 1. The number of hydrogen-bond donors (Lipinski definition) is 1. The van der Waals surface area contributed by atoms with Crippen LogP contribution in [0.3, 0.4) is 0 Å². The molecule has 0 spiro atoms. The molecular formula is C5H4O2S2. The summed E-state index contributed by atoms with van der Waals surface area (Å²) in [5, 5.41) is 9.63. The van der Waals surface area contributed by atoms with Crippen molar-refractivity contribution in [1.82, 2.24) is 0 Å². The third-order valence-electron chi connectivity index (χ3n) is 0.930. The summed E-state index contributed by atoms with van der Waals surface area (Å²) in [6.45, 7) is 0. The Kier molecular flexibility index (Phi) is 1.87. The van der Waals surface area contributed by atoms with E-state index in [-0.39, 0.29) is 0 Å². The van der Waals surface area contributed by atoms with Crippen LogP contribution < -0.4 is 0 Å². The first-order chi connectivity index (χ1) is 4.22. The topological polar surface area (TPSA) is 37.3 Å². The number of aliphatic carboxylic acids is 1. The Hall–Kier alpha value is -0.350. The summed E-state index contributed by atoms with van der Waals surface area (Å²) in [7, 11) is 0. The van der Waals surface area contributed by atoms with E-state index in [0.29, 0.717) is 4.86 Å². The van der Waals surface area contributed by atoms with E-state index in [9.17, 15) is 4.79 Å². The van der Waals surface area contributed by atoms with Crippen LogP contribution in [0.5, 0.6) is 0 Å². The Morgan fingerprint density at radius 3 is 2.78 bits per heavy atom. The summed E-state index contributed by atoms with van der Waals surface area (Å²) in [6, 6.07) is 0. The van der Waals surface area contributed by atoms with Crippen molar-refractivity contribution in [2.24, 2.45) is 0 Å². The monoisotopic (exact) mass is 160 g/mol.